The van der Waals surface area contributed by atoms with E-state index in [1.165, 1.54) is 12.1 Å². The Morgan fingerprint density at radius 3 is 2.33 bits per heavy atom. The van der Waals surface area contributed by atoms with Gasteiger partial charge in [0.25, 0.3) is 5.91 Å². The first-order chi connectivity index (χ1) is 19.3. The highest BCUT2D eigenvalue weighted by Gasteiger charge is 2.42. The second kappa shape index (κ2) is 10.7. The zero-order chi connectivity index (χ0) is 28.0. The summed E-state index contributed by atoms with van der Waals surface area (Å²) in [5.74, 6) is -0.0242. The Balaban J connectivity index is 1.20. The summed E-state index contributed by atoms with van der Waals surface area (Å²) in [5.41, 5.74) is 0.864. The number of likely N-dealkylation sites (tertiary alicyclic amines) is 3. The van der Waals surface area contributed by atoms with Gasteiger partial charge in [0.05, 0.1) is 47.8 Å². The summed E-state index contributed by atoms with van der Waals surface area (Å²) in [5, 5.41) is 14.3. The number of aliphatic hydroxyl groups excluding tert-OH is 1. The average Bonchev–Trinajstić information content (AvgIpc) is 3.34. The molecule has 2 unspecified atom stereocenters. The summed E-state index contributed by atoms with van der Waals surface area (Å²) in [6.45, 7) is 2.22. The number of aromatic nitrogens is 2. The van der Waals surface area contributed by atoms with Crippen LogP contribution in [0.3, 0.4) is 0 Å². The average molecular weight is 560 g/mol. The predicted octanol–water partition coefficient (Wildman–Crippen LogP) is 4.97. The maximum absolute atomic E-state index is 13.9. The van der Waals surface area contributed by atoms with E-state index < -0.39 is 17.8 Å². The molecule has 0 bridgehead atoms. The quantitative estimate of drug-likeness (QED) is 0.561. The number of nitrogens with zero attached hydrogens (tertiary/aromatic N) is 5. The molecule has 3 saturated heterocycles. The Labute approximate surface area is 231 Å². The van der Waals surface area contributed by atoms with Crippen LogP contribution in [-0.2, 0) is 6.18 Å². The molecule has 6 rings (SSSR count). The number of carbonyl (C=O) groups is 2. The molecule has 3 amide bonds. The lowest BCUT2D eigenvalue weighted by Gasteiger charge is -2.36. The van der Waals surface area contributed by atoms with Gasteiger partial charge in [-0.05, 0) is 63.0 Å². The van der Waals surface area contributed by atoms with Crippen LogP contribution in [0.15, 0.2) is 30.5 Å². The summed E-state index contributed by atoms with van der Waals surface area (Å²) in [7, 11) is 0. The number of urea groups is 1. The zero-order valence-corrected chi connectivity index (χ0v) is 22.5. The van der Waals surface area contributed by atoms with Crippen LogP contribution in [0.4, 0.5) is 18.0 Å². The van der Waals surface area contributed by atoms with Crippen molar-refractivity contribution in [2.45, 2.75) is 81.6 Å². The highest BCUT2D eigenvalue weighted by Crippen LogP contribution is 2.45. The van der Waals surface area contributed by atoms with E-state index in [0.29, 0.717) is 57.4 Å². The van der Waals surface area contributed by atoms with Crippen LogP contribution < -0.4 is 0 Å². The van der Waals surface area contributed by atoms with Crippen LogP contribution >= 0.6 is 0 Å². The van der Waals surface area contributed by atoms with Crippen molar-refractivity contribution in [2.24, 2.45) is 0 Å². The third-order valence-corrected chi connectivity index (χ3v) is 9.08. The van der Waals surface area contributed by atoms with E-state index in [9.17, 15) is 27.9 Å². The monoisotopic (exact) mass is 559 g/mol. The molecule has 4 aliphatic rings. The molecule has 1 aliphatic carbocycles. The minimum atomic E-state index is -4.48. The van der Waals surface area contributed by atoms with Gasteiger partial charge in [-0.15, -0.1) is 0 Å². The molecule has 2 atom stereocenters. The highest BCUT2D eigenvalue weighted by atomic mass is 19.4. The van der Waals surface area contributed by atoms with Gasteiger partial charge in [0.15, 0.2) is 0 Å². The number of amides is 3. The first kappa shape index (κ1) is 27.1. The molecular weight excluding hydrogens is 523 g/mol. The molecule has 4 fully saturated rings. The smallest absolute Gasteiger partial charge is 0.394 e. The van der Waals surface area contributed by atoms with Crippen molar-refractivity contribution >= 4 is 11.9 Å². The number of benzene rings is 1. The number of aliphatic hydroxyl groups is 1. The van der Waals surface area contributed by atoms with E-state index in [0.717, 1.165) is 37.4 Å². The van der Waals surface area contributed by atoms with Crippen molar-refractivity contribution in [1.29, 1.82) is 0 Å². The highest BCUT2D eigenvalue weighted by molar-refractivity contribution is 5.96. The third-order valence-electron chi connectivity index (χ3n) is 9.08. The topological polar surface area (TPSA) is 81.9 Å². The van der Waals surface area contributed by atoms with Crippen LogP contribution in [0, 0.1) is 0 Å². The lowest BCUT2D eigenvalue weighted by atomic mass is 9.97. The van der Waals surface area contributed by atoms with Gasteiger partial charge in [0, 0.05) is 32.1 Å². The van der Waals surface area contributed by atoms with Gasteiger partial charge >= 0.3 is 12.2 Å². The van der Waals surface area contributed by atoms with Crippen LogP contribution in [0.2, 0.25) is 0 Å². The standard InChI is InChI=1S/C29H36F3N5O3/c30-29(31,32)24-7-2-1-6-22(24)25-8-4-14-36(25)27(39)23-17-33-37(26(23)19-9-10-19)20-11-15-34(16-12-20)28(40)35-13-3-5-21(35)18-38/h1-2,6-7,17,19-21,25,38H,3-5,8-16,18H2. The molecule has 2 aromatic rings. The normalized spacial score (nSPS) is 24.2. The van der Waals surface area contributed by atoms with Gasteiger partial charge in [0.1, 0.15) is 0 Å². The number of carbonyl (C=O) groups excluding carboxylic acids is 2. The first-order valence-electron chi connectivity index (χ1n) is 14.5. The Morgan fingerprint density at radius 1 is 0.925 bits per heavy atom. The van der Waals surface area contributed by atoms with Crippen LogP contribution in [0.25, 0.3) is 0 Å². The van der Waals surface area contributed by atoms with Crippen molar-refractivity contribution in [1.82, 2.24) is 24.5 Å². The van der Waals surface area contributed by atoms with Crippen molar-refractivity contribution in [3.63, 3.8) is 0 Å². The summed E-state index contributed by atoms with van der Waals surface area (Å²) in [4.78, 5) is 32.2. The minimum Gasteiger partial charge on any atom is -0.394 e. The number of rotatable bonds is 5. The van der Waals surface area contributed by atoms with Gasteiger partial charge in [-0.25, -0.2) is 4.79 Å². The summed E-state index contributed by atoms with van der Waals surface area (Å²) in [6, 6.07) is 4.87. The molecule has 0 radical (unpaired) electrons. The third kappa shape index (κ3) is 4.97. The Morgan fingerprint density at radius 2 is 1.62 bits per heavy atom. The number of hydrogen-bond acceptors (Lipinski definition) is 4. The SMILES string of the molecule is O=C(N1CCC(n2ncc(C(=O)N3CCCC3c3ccccc3C(F)(F)F)c2C2CC2)CC1)N1CCCC1CO. The molecule has 1 aromatic carbocycles. The van der Waals surface area contributed by atoms with Gasteiger partial charge in [0.2, 0.25) is 0 Å². The van der Waals surface area contributed by atoms with Gasteiger partial charge in [-0.1, -0.05) is 18.2 Å². The minimum absolute atomic E-state index is 0.0172. The molecular formula is C29H36F3N5O3. The molecule has 40 heavy (non-hydrogen) atoms. The lowest BCUT2D eigenvalue weighted by molar-refractivity contribution is -0.138. The summed E-state index contributed by atoms with van der Waals surface area (Å²) >= 11 is 0. The molecule has 1 N–H and O–H groups in total. The maximum atomic E-state index is 13.9. The van der Waals surface area contributed by atoms with Crippen molar-refractivity contribution in [3.8, 4) is 0 Å². The summed E-state index contributed by atoms with van der Waals surface area (Å²) < 4.78 is 43.3. The largest absolute Gasteiger partial charge is 0.416 e. The fourth-order valence-electron chi connectivity index (χ4n) is 6.89. The van der Waals surface area contributed by atoms with Gasteiger partial charge in [-0.3, -0.25) is 9.48 Å². The fraction of sp³-hybridized carbons (Fsp3) is 0.621. The number of alkyl halides is 3. The number of hydrogen-bond donors (Lipinski definition) is 1. The number of halogens is 3. The van der Waals surface area contributed by atoms with Crippen molar-refractivity contribution in [3.05, 3.63) is 52.8 Å². The molecule has 4 heterocycles. The fourth-order valence-corrected chi connectivity index (χ4v) is 6.89. The van der Waals surface area contributed by atoms with E-state index in [1.807, 2.05) is 9.58 Å². The number of piperidine rings is 1. The van der Waals surface area contributed by atoms with Crippen molar-refractivity contribution in [2.75, 3.05) is 32.8 Å². The zero-order valence-electron chi connectivity index (χ0n) is 22.5. The van der Waals surface area contributed by atoms with Crippen molar-refractivity contribution < 1.29 is 27.9 Å². The van der Waals surface area contributed by atoms with E-state index in [4.69, 9.17) is 0 Å². The molecule has 216 valence electrons. The van der Waals surface area contributed by atoms with Crippen LogP contribution in [-0.4, -0.2) is 80.4 Å². The molecule has 1 aromatic heterocycles. The van der Waals surface area contributed by atoms with Gasteiger partial charge < -0.3 is 19.8 Å². The van der Waals surface area contributed by atoms with E-state index in [-0.39, 0.29) is 42.1 Å². The van der Waals surface area contributed by atoms with E-state index >= 15 is 0 Å². The van der Waals surface area contributed by atoms with E-state index in [2.05, 4.69) is 5.10 Å². The second-order valence-corrected chi connectivity index (χ2v) is 11.6. The Bertz CT molecular complexity index is 1250. The first-order valence-corrected chi connectivity index (χ1v) is 14.5. The lowest BCUT2D eigenvalue weighted by Crippen LogP contribution is -2.49. The molecule has 3 aliphatic heterocycles. The molecule has 11 heteroatoms. The molecule has 0 spiro atoms. The van der Waals surface area contributed by atoms with Crippen LogP contribution in [0.1, 0.15) is 96.5 Å². The van der Waals surface area contributed by atoms with E-state index in [1.54, 1.807) is 22.1 Å². The van der Waals surface area contributed by atoms with Gasteiger partial charge in [-0.2, -0.15) is 18.3 Å². The predicted molar refractivity (Wildman–Crippen MR) is 141 cm³/mol. The Hall–Kier alpha value is -3.08. The van der Waals surface area contributed by atoms with Crippen LogP contribution in [0.5, 0.6) is 0 Å². The Kier molecular flexibility index (Phi) is 7.27. The maximum Gasteiger partial charge on any atom is 0.416 e. The summed E-state index contributed by atoms with van der Waals surface area (Å²) in [6.07, 6.45) is 3.34. The molecule has 8 nitrogen and oxygen atoms in total. The molecule has 1 saturated carbocycles. The second-order valence-electron chi connectivity index (χ2n) is 11.6.